The largest absolute Gasteiger partial charge is 0.328 e. The topological polar surface area (TPSA) is 60.2 Å². The molecule has 3 nitrogen and oxygen atoms in total. The minimum Gasteiger partial charge on any atom is -0.328 e. The molecule has 0 heterocycles. The molecule has 90 valence electrons. The molecule has 1 aromatic carbocycles. The van der Waals surface area contributed by atoms with Crippen LogP contribution >= 0.6 is 11.6 Å². The van der Waals surface area contributed by atoms with Crippen molar-refractivity contribution in [1.82, 2.24) is 0 Å². The van der Waals surface area contributed by atoms with E-state index in [-0.39, 0.29) is 21.7 Å². The first-order valence-electron chi connectivity index (χ1n) is 4.76. The maximum atomic E-state index is 12.9. The molecule has 0 fully saturated rings. The lowest BCUT2D eigenvalue weighted by molar-refractivity contribution is 0.586. The zero-order valence-corrected chi connectivity index (χ0v) is 10.4. The van der Waals surface area contributed by atoms with Gasteiger partial charge < -0.3 is 5.73 Å². The highest BCUT2D eigenvalue weighted by Gasteiger charge is 2.16. The van der Waals surface area contributed by atoms with E-state index in [9.17, 15) is 12.8 Å². The summed E-state index contributed by atoms with van der Waals surface area (Å²) in [5, 5.41) is -0.193. The van der Waals surface area contributed by atoms with Crippen molar-refractivity contribution in [2.75, 3.05) is 5.75 Å². The van der Waals surface area contributed by atoms with Crippen molar-refractivity contribution >= 4 is 21.4 Å². The Balaban J connectivity index is 2.94. The molecule has 1 atom stereocenters. The molecule has 0 spiro atoms. The third-order valence-electron chi connectivity index (χ3n) is 2.09. The molecule has 16 heavy (non-hydrogen) atoms. The molecule has 0 aliphatic carbocycles. The summed E-state index contributed by atoms with van der Waals surface area (Å²) in [4.78, 5) is 0.0274. The van der Waals surface area contributed by atoms with Crippen LogP contribution in [0.3, 0.4) is 0 Å². The Bertz CT molecular complexity index is 474. The summed E-state index contributed by atoms with van der Waals surface area (Å²) in [5.74, 6) is -0.695. The van der Waals surface area contributed by atoms with Crippen LogP contribution in [0.5, 0.6) is 0 Å². The van der Waals surface area contributed by atoms with Gasteiger partial charge in [-0.1, -0.05) is 11.6 Å². The van der Waals surface area contributed by atoms with Crippen LogP contribution in [0, 0.1) is 5.82 Å². The van der Waals surface area contributed by atoms with E-state index in [1.807, 2.05) is 0 Å². The summed E-state index contributed by atoms with van der Waals surface area (Å²) in [5.41, 5.74) is 5.48. The average molecular weight is 266 g/mol. The second-order valence-electron chi connectivity index (χ2n) is 3.66. The van der Waals surface area contributed by atoms with Gasteiger partial charge in [-0.05, 0) is 31.5 Å². The van der Waals surface area contributed by atoms with Gasteiger partial charge in [0.1, 0.15) is 5.82 Å². The second-order valence-corrected chi connectivity index (χ2v) is 6.18. The van der Waals surface area contributed by atoms with Crippen molar-refractivity contribution in [2.45, 2.75) is 24.3 Å². The first kappa shape index (κ1) is 13.4. The summed E-state index contributed by atoms with van der Waals surface area (Å²) in [7, 11) is -3.43. The molecule has 0 saturated heterocycles. The third kappa shape index (κ3) is 3.43. The van der Waals surface area contributed by atoms with Crippen molar-refractivity contribution in [3.8, 4) is 0 Å². The van der Waals surface area contributed by atoms with Gasteiger partial charge in [0.25, 0.3) is 0 Å². The molecule has 1 aromatic rings. The van der Waals surface area contributed by atoms with E-state index < -0.39 is 15.7 Å². The van der Waals surface area contributed by atoms with Crippen molar-refractivity contribution in [3.05, 3.63) is 29.0 Å². The summed E-state index contributed by atoms with van der Waals surface area (Å²) < 4.78 is 36.4. The average Bonchev–Trinajstić information content (AvgIpc) is 2.19. The molecule has 0 aromatic heterocycles. The Morgan fingerprint density at radius 3 is 2.62 bits per heavy atom. The van der Waals surface area contributed by atoms with Gasteiger partial charge in [-0.2, -0.15) is 0 Å². The Hall–Kier alpha value is -0.650. The quantitative estimate of drug-likeness (QED) is 0.847. The highest BCUT2D eigenvalue weighted by Crippen LogP contribution is 2.20. The van der Waals surface area contributed by atoms with Gasteiger partial charge in [-0.25, -0.2) is 12.8 Å². The predicted octanol–water partition coefficient (Wildman–Crippen LogP) is 1.99. The van der Waals surface area contributed by atoms with Crippen molar-refractivity contribution < 1.29 is 12.8 Å². The highest BCUT2D eigenvalue weighted by atomic mass is 35.5. The van der Waals surface area contributed by atoms with Crippen LogP contribution in [-0.2, 0) is 9.84 Å². The summed E-state index contributed by atoms with van der Waals surface area (Å²) in [6.45, 7) is 1.73. The van der Waals surface area contributed by atoms with E-state index in [0.717, 1.165) is 12.1 Å². The number of hydrogen-bond acceptors (Lipinski definition) is 3. The summed E-state index contributed by atoms with van der Waals surface area (Å²) >= 11 is 5.52. The number of nitrogens with two attached hydrogens (primary N) is 1. The zero-order valence-electron chi connectivity index (χ0n) is 8.78. The van der Waals surface area contributed by atoms with E-state index in [4.69, 9.17) is 17.3 Å². The van der Waals surface area contributed by atoms with Crippen LogP contribution in [0.2, 0.25) is 5.02 Å². The number of hydrogen-bond donors (Lipinski definition) is 1. The maximum Gasteiger partial charge on any atom is 0.178 e. The fourth-order valence-electron chi connectivity index (χ4n) is 1.13. The van der Waals surface area contributed by atoms with Gasteiger partial charge >= 0.3 is 0 Å². The Morgan fingerprint density at radius 2 is 2.12 bits per heavy atom. The van der Waals surface area contributed by atoms with E-state index in [1.165, 1.54) is 6.07 Å². The number of benzene rings is 1. The fourth-order valence-corrected chi connectivity index (χ4v) is 2.87. The standard InChI is InChI=1S/C10H13ClFNO2S/c1-7(13)4-5-16(14,15)8-2-3-10(12)9(11)6-8/h2-3,6-7H,4-5,13H2,1H3. The van der Waals surface area contributed by atoms with Crippen molar-refractivity contribution in [3.63, 3.8) is 0 Å². The lowest BCUT2D eigenvalue weighted by Crippen LogP contribution is -2.20. The van der Waals surface area contributed by atoms with Crippen LogP contribution in [0.1, 0.15) is 13.3 Å². The maximum absolute atomic E-state index is 12.9. The normalized spacial score (nSPS) is 13.8. The molecule has 0 aliphatic rings. The molecule has 0 saturated carbocycles. The second kappa shape index (κ2) is 5.12. The molecule has 0 radical (unpaired) electrons. The molecule has 2 N–H and O–H groups in total. The first-order chi connectivity index (χ1) is 7.33. The molecule has 0 aliphatic heterocycles. The molecule has 0 amide bonds. The van der Waals surface area contributed by atoms with E-state index in [0.29, 0.717) is 6.42 Å². The van der Waals surface area contributed by atoms with Gasteiger partial charge in [0.2, 0.25) is 0 Å². The number of sulfone groups is 1. The summed E-state index contributed by atoms with van der Waals surface area (Å²) in [6.07, 6.45) is 0.358. The van der Waals surface area contributed by atoms with Gasteiger partial charge in [0.05, 0.1) is 15.7 Å². The van der Waals surface area contributed by atoms with E-state index >= 15 is 0 Å². The Kier molecular flexibility index (Phi) is 4.29. The third-order valence-corrected chi connectivity index (χ3v) is 4.13. The van der Waals surface area contributed by atoms with Crippen LogP contribution < -0.4 is 5.73 Å². The SMILES string of the molecule is CC(N)CCS(=O)(=O)c1ccc(F)c(Cl)c1. The molecular formula is C10H13ClFNO2S. The van der Waals surface area contributed by atoms with E-state index in [1.54, 1.807) is 6.92 Å². The monoisotopic (exact) mass is 265 g/mol. The van der Waals surface area contributed by atoms with Crippen LogP contribution in [-0.4, -0.2) is 20.2 Å². The minimum atomic E-state index is -3.43. The number of halogens is 2. The van der Waals surface area contributed by atoms with Gasteiger partial charge in [-0.3, -0.25) is 0 Å². The van der Waals surface area contributed by atoms with E-state index in [2.05, 4.69) is 0 Å². The number of rotatable bonds is 4. The molecule has 1 rings (SSSR count). The highest BCUT2D eigenvalue weighted by molar-refractivity contribution is 7.91. The smallest absolute Gasteiger partial charge is 0.178 e. The van der Waals surface area contributed by atoms with Crippen molar-refractivity contribution in [1.29, 1.82) is 0 Å². The van der Waals surface area contributed by atoms with Crippen molar-refractivity contribution in [2.24, 2.45) is 5.73 Å². The zero-order chi connectivity index (χ0) is 12.3. The summed E-state index contributed by atoms with van der Waals surface area (Å²) in [6, 6.07) is 3.18. The first-order valence-corrected chi connectivity index (χ1v) is 6.79. The Labute approximate surface area is 99.3 Å². The molecule has 0 bridgehead atoms. The molecule has 6 heteroatoms. The van der Waals surface area contributed by atoms with Gasteiger partial charge in [0, 0.05) is 6.04 Å². The molecular weight excluding hydrogens is 253 g/mol. The van der Waals surface area contributed by atoms with Gasteiger partial charge in [-0.15, -0.1) is 0 Å². The lowest BCUT2D eigenvalue weighted by Gasteiger charge is -2.07. The van der Waals surface area contributed by atoms with Crippen LogP contribution in [0.4, 0.5) is 4.39 Å². The predicted molar refractivity (Wildman–Crippen MR) is 61.7 cm³/mol. The lowest BCUT2D eigenvalue weighted by atomic mass is 10.3. The minimum absolute atomic E-state index is 0.0274. The molecule has 1 unspecified atom stereocenters. The Morgan fingerprint density at radius 1 is 1.50 bits per heavy atom. The van der Waals surface area contributed by atoms with Gasteiger partial charge in [0.15, 0.2) is 9.84 Å². The van der Waals surface area contributed by atoms with Crippen LogP contribution in [0.25, 0.3) is 0 Å². The van der Waals surface area contributed by atoms with Crippen LogP contribution in [0.15, 0.2) is 23.1 Å². The fraction of sp³-hybridized carbons (Fsp3) is 0.400.